The monoisotopic (exact) mass is 254 g/mol. The maximum absolute atomic E-state index is 5.65. The molecule has 2 saturated heterocycles. The standard InChI is InChI=1S/C15H30N2O/c1-3-4-13-5-8-17(9-6-13)11-14-12-18-10-7-15(14)16-2/h13-16H,3-12H2,1-2H3. The van der Waals surface area contributed by atoms with Crippen LogP contribution in [0.5, 0.6) is 0 Å². The van der Waals surface area contributed by atoms with E-state index < -0.39 is 0 Å². The summed E-state index contributed by atoms with van der Waals surface area (Å²) >= 11 is 0. The molecule has 3 heteroatoms. The quantitative estimate of drug-likeness (QED) is 0.813. The van der Waals surface area contributed by atoms with Crippen LogP contribution in [-0.4, -0.2) is 50.8 Å². The second-order valence-electron chi connectivity index (χ2n) is 6.05. The summed E-state index contributed by atoms with van der Waals surface area (Å²) in [6, 6.07) is 0.659. The number of hydrogen-bond donors (Lipinski definition) is 1. The Balaban J connectivity index is 1.73. The van der Waals surface area contributed by atoms with Crippen LogP contribution in [-0.2, 0) is 4.74 Å². The lowest BCUT2D eigenvalue weighted by Crippen LogP contribution is -2.48. The number of hydrogen-bond acceptors (Lipinski definition) is 3. The molecule has 0 radical (unpaired) electrons. The van der Waals surface area contributed by atoms with Gasteiger partial charge >= 0.3 is 0 Å². The largest absolute Gasteiger partial charge is 0.381 e. The first kappa shape index (κ1) is 14.3. The van der Waals surface area contributed by atoms with Crippen molar-refractivity contribution in [3.63, 3.8) is 0 Å². The van der Waals surface area contributed by atoms with E-state index in [4.69, 9.17) is 4.74 Å². The van der Waals surface area contributed by atoms with Crippen molar-refractivity contribution in [3.05, 3.63) is 0 Å². The van der Waals surface area contributed by atoms with Crippen molar-refractivity contribution in [3.8, 4) is 0 Å². The number of ether oxygens (including phenoxy) is 1. The molecule has 0 aromatic carbocycles. The SMILES string of the molecule is CCCC1CCN(CC2COCCC2NC)CC1. The Hall–Kier alpha value is -0.120. The van der Waals surface area contributed by atoms with Crippen LogP contribution >= 0.6 is 0 Å². The average molecular weight is 254 g/mol. The van der Waals surface area contributed by atoms with Crippen LogP contribution in [0.15, 0.2) is 0 Å². The van der Waals surface area contributed by atoms with Crippen molar-refractivity contribution in [1.29, 1.82) is 0 Å². The summed E-state index contributed by atoms with van der Waals surface area (Å²) < 4.78 is 5.65. The topological polar surface area (TPSA) is 24.5 Å². The third kappa shape index (κ3) is 3.94. The number of likely N-dealkylation sites (tertiary alicyclic amines) is 1. The summed E-state index contributed by atoms with van der Waals surface area (Å²) in [5.74, 6) is 1.68. The Labute approximate surface area is 112 Å². The zero-order valence-corrected chi connectivity index (χ0v) is 12.2. The third-order valence-corrected chi connectivity index (χ3v) is 4.74. The van der Waals surface area contributed by atoms with Gasteiger partial charge in [-0.25, -0.2) is 0 Å². The van der Waals surface area contributed by atoms with Crippen molar-refractivity contribution in [2.45, 2.75) is 45.1 Å². The van der Waals surface area contributed by atoms with Gasteiger partial charge in [-0.2, -0.15) is 0 Å². The van der Waals surface area contributed by atoms with E-state index in [1.165, 1.54) is 51.7 Å². The summed E-state index contributed by atoms with van der Waals surface area (Å²) in [5, 5.41) is 3.47. The van der Waals surface area contributed by atoms with Crippen molar-refractivity contribution < 1.29 is 4.74 Å². The lowest BCUT2D eigenvalue weighted by Gasteiger charge is -2.38. The van der Waals surface area contributed by atoms with Gasteiger partial charge in [0.25, 0.3) is 0 Å². The molecule has 0 spiro atoms. The highest BCUT2D eigenvalue weighted by Gasteiger charge is 2.28. The van der Waals surface area contributed by atoms with E-state index in [1.807, 2.05) is 0 Å². The Bertz CT molecular complexity index is 227. The van der Waals surface area contributed by atoms with Crippen molar-refractivity contribution in [2.24, 2.45) is 11.8 Å². The van der Waals surface area contributed by atoms with E-state index in [1.54, 1.807) is 0 Å². The molecule has 106 valence electrons. The van der Waals surface area contributed by atoms with Crippen LogP contribution < -0.4 is 5.32 Å². The first-order valence-corrected chi connectivity index (χ1v) is 7.80. The molecule has 0 aromatic rings. The fraction of sp³-hybridized carbons (Fsp3) is 1.00. The average Bonchev–Trinajstić information content (AvgIpc) is 2.42. The normalized spacial score (nSPS) is 31.7. The number of nitrogens with one attached hydrogen (secondary N) is 1. The van der Waals surface area contributed by atoms with E-state index >= 15 is 0 Å². The maximum Gasteiger partial charge on any atom is 0.0521 e. The van der Waals surface area contributed by atoms with Gasteiger partial charge in [-0.15, -0.1) is 0 Å². The van der Waals surface area contributed by atoms with E-state index in [0.717, 1.165) is 19.1 Å². The molecule has 2 fully saturated rings. The lowest BCUT2D eigenvalue weighted by molar-refractivity contribution is 0.0133. The summed E-state index contributed by atoms with van der Waals surface area (Å²) in [7, 11) is 2.09. The molecule has 2 aliphatic heterocycles. The Kier molecular flexibility index (Phi) is 5.93. The summed E-state index contributed by atoms with van der Waals surface area (Å²) in [6.07, 6.45) is 6.77. The van der Waals surface area contributed by atoms with E-state index in [2.05, 4.69) is 24.2 Å². The van der Waals surface area contributed by atoms with E-state index in [0.29, 0.717) is 12.0 Å². The second-order valence-corrected chi connectivity index (χ2v) is 6.05. The Morgan fingerprint density at radius 3 is 2.67 bits per heavy atom. The van der Waals surface area contributed by atoms with Gasteiger partial charge in [0.1, 0.15) is 0 Å². The molecule has 3 nitrogen and oxygen atoms in total. The van der Waals surface area contributed by atoms with E-state index in [9.17, 15) is 0 Å². The number of piperidine rings is 1. The smallest absolute Gasteiger partial charge is 0.0521 e. The number of nitrogens with zero attached hydrogens (tertiary/aromatic N) is 1. The molecule has 0 aliphatic carbocycles. The van der Waals surface area contributed by atoms with Gasteiger partial charge in [0.15, 0.2) is 0 Å². The molecule has 0 bridgehead atoms. The van der Waals surface area contributed by atoms with Gasteiger partial charge in [0.05, 0.1) is 6.61 Å². The first-order chi connectivity index (χ1) is 8.83. The molecule has 2 aliphatic rings. The molecule has 0 aromatic heterocycles. The predicted octanol–water partition coefficient (Wildman–Crippen LogP) is 2.12. The van der Waals surface area contributed by atoms with Gasteiger partial charge in [0, 0.05) is 25.1 Å². The van der Waals surface area contributed by atoms with Crippen molar-refractivity contribution >= 4 is 0 Å². The number of rotatable bonds is 5. The highest BCUT2D eigenvalue weighted by Crippen LogP contribution is 2.24. The van der Waals surface area contributed by atoms with Crippen molar-refractivity contribution in [2.75, 3.05) is 39.9 Å². The van der Waals surface area contributed by atoms with Gasteiger partial charge in [-0.3, -0.25) is 0 Å². The molecule has 18 heavy (non-hydrogen) atoms. The second kappa shape index (κ2) is 7.46. The van der Waals surface area contributed by atoms with Crippen LogP contribution in [0.1, 0.15) is 39.0 Å². The third-order valence-electron chi connectivity index (χ3n) is 4.74. The molecule has 2 rings (SSSR count). The van der Waals surface area contributed by atoms with Crippen LogP contribution in [0.2, 0.25) is 0 Å². The minimum absolute atomic E-state index is 0.659. The minimum atomic E-state index is 0.659. The van der Waals surface area contributed by atoms with Crippen LogP contribution in [0.3, 0.4) is 0 Å². The van der Waals surface area contributed by atoms with Gasteiger partial charge in [0.2, 0.25) is 0 Å². The molecule has 0 amide bonds. The first-order valence-electron chi connectivity index (χ1n) is 7.80. The highest BCUT2D eigenvalue weighted by atomic mass is 16.5. The lowest BCUT2D eigenvalue weighted by atomic mass is 9.90. The molecule has 2 unspecified atom stereocenters. The zero-order chi connectivity index (χ0) is 12.8. The van der Waals surface area contributed by atoms with E-state index in [-0.39, 0.29) is 0 Å². The van der Waals surface area contributed by atoms with Gasteiger partial charge in [-0.05, 0) is 45.3 Å². The summed E-state index contributed by atoms with van der Waals surface area (Å²) in [4.78, 5) is 2.66. The van der Waals surface area contributed by atoms with Crippen LogP contribution in [0.25, 0.3) is 0 Å². The predicted molar refractivity (Wildman–Crippen MR) is 75.8 cm³/mol. The van der Waals surface area contributed by atoms with Crippen LogP contribution in [0.4, 0.5) is 0 Å². The fourth-order valence-electron chi connectivity index (χ4n) is 3.55. The molecule has 0 saturated carbocycles. The molecule has 2 heterocycles. The summed E-state index contributed by atoms with van der Waals surface area (Å²) in [6.45, 7) is 8.02. The maximum atomic E-state index is 5.65. The van der Waals surface area contributed by atoms with Crippen molar-refractivity contribution in [1.82, 2.24) is 10.2 Å². The highest BCUT2D eigenvalue weighted by molar-refractivity contribution is 4.83. The molecule has 2 atom stereocenters. The van der Waals surface area contributed by atoms with Gasteiger partial charge in [-0.1, -0.05) is 19.8 Å². The Morgan fingerprint density at radius 2 is 2.00 bits per heavy atom. The summed E-state index contributed by atoms with van der Waals surface area (Å²) in [5.41, 5.74) is 0. The molecular formula is C15H30N2O. The fourth-order valence-corrected chi connectivity index (χ4v) is 3.55. The van der Waals surface area contributed by atoms with Crippen LogP contribution in [0, 0.1) is 11.8 Å². The zero-order valence-electron chi connectivity index (χ0n) is 12.2. The minimum Gasteiger partial charge on any atom is -0.381 e. The molecular weight excluding hydrogens is 224 g/mol. The Morgan fingerprint density at radius 1 is 1.22 bits per heavy atom. The molecule has 1 N–H and O–H groups in total. The van der Waals surface area contributed by atoms with Gasteiger partial charge < -0.3 is 15.0 Å².